The minimum Gasteiger partial charge on any atom is -0.354 e. The first-order chi connectivity index (χ1) is 8.90. The summed E-state index contributed by atoms with van der Waals surface area (Å²) in [5.74, 6) is 0.00747. The Morgan fingerprint density at radius 3 is 2.00 bits per heavy atom. The van der Waals surface area contributed by atoms with Gasteiger partial charge in [0.05, 0.1) is 6.04 Å². The third-order valence-corrected chi connectivity index (χ3v) is 3.22. The van der Waals surface area contributed by atoms with Crippen LogP contribution in [0.5, 0.6) is 0 Å². The maximum absolute atomic E-state index is 11.7. The van der Waals surface area contributed by atoms with Gasteiger partial charge in [-0.3, -0.25) is 9.59 Å². The Balaban J connectivity index is 3.81. The highest BCUT2D eigenvalue weighted by Gasteiger charge is 2.14. The zero-order valence-corrected chi connectivity index (χ0v) is 12.9. The van der Waals surface area contributed by atoms with Crippen LogP contribution in [0.2, 0.25) is 0 Å². The van der Waals surface area contributed by atoms with Crippen molar-refractivity contribution in [1.82, 2.24) is 16.0 Å². The van der Waals surface area contributed by atoms with Gasteiger partial charge < -0.3 is 16.0 Å². The van der Waals surface area contributed by atoms with Crippen molar-refractivity contribution in [2.45, 2.75) is 72.0 Å². The fourth-order valence-electron chi connectivity index (χ4n) is 1.41. The Kier molecular flexibility index (Phi) is 9.21. The van der Waals surface area contributed by atoms with Gasteiger partial charge in [0.15, 0.2) is 0 Å². The first-order valence-electron chi connectivity index (χ1n) is 7.23. The summed E-state index contributed by atoms with van der Waals surface area (Å²) in [4.78, 5) is 23.3. The fraction of sp³-hybridized carbons (Fsp3) is 0.857. The molecule has 3 N–H and O–H groups in total. The van der Waals surface area contributed by atoms with Crippen molar-refractivity contribution < 1.29 is 9.59 Å². The van der Waals surface area contributed by atoms with Crippen LogP contribution in [0.1, 0.15) is 53.9 Å². The van der Waals surface area contributed by atoms with E-state index in [1.807, 2.05) is 34.6 Å². The molecule has 2 amide bonds. The van der Waals surface area contributed by atoms with Gasteiger partial charge in [-0.05, 0) is 33.6 Å². The molecule has 3 atom stereocenters. The number of rotatable bonds is 9. The molecule has 0 aromatic carbocycles. The van der Waals surface area contributed by atoms with Gasteiger partial charge >= 0.3 is 0 Å². The zero-order valence-electron chi connectivity index (χ0n) is 12.9. The molecular weight excluding hydrogens is 242 g/mol. The molecule has 3 unspecified atom stereocenters. The van der Waals surface area contributed by atoms with Crippen LogP contribution >= 0.6 is 0 Å². The number of hydrogen-bond acceptors (Lipinski definition) is 3. The second kappa shape index (κ2) is 9.78. The molecule has 0 saturated carbocycles. The average molecular weight is 271 g/mol. The predicted molar refractivity (Wildman–Crippen MR) is 77.9 cm³/mol. The molecule has 5 nitrogen and oxygen atoms in total. The summed E-state index contributed by atoms with van der Waals surface area (Å²) in [5.41, 5.74) is 0. The van der Waals surface area contributed by atoms with Crippen molar-refractivity contribution in [1.29, 1.82) is 0 Å². The third kappa shape index (κ3) is 8.59. The Labute approximate surface area is 116 Å². The van der Waals surface area contributed by atoms with Crippen LogP contribution in [0.25, 0.3) is 0 Å². The summed E-state index contributed by atoms with van der Waals surface area (Å²) in [5, 5.41) is 8.86. The topological polar surface area (TPSA) is 70.2 Å². The molecule has 0 saturated heterocycles. The molecule has 0 rings (SSSR count). The quantitative estimate of drug-likeness (QED) is 0.590. The summed E-state index contributed by atoms with van der Waals surface area (Å²) in [6.07, 6.45) is 2.23. The minimum atomic E-state index is -0.273. The number of hydrogen-bond donors (Lipinski definition) is 3. The molecule has 0 aromatic rings. The first-order valence-corrected chi connectivity index (χ1v) is 7.23. The van der Waals surface area contributed by atoms with E-state index in [-0.39, 0.29) is 29.9 Å². The molecule has 19 heavy (non-hydrogen) atoms. The zero-order chi connectivity index (χ0) is 14.8. The normalized spacial score (nSPS) is 15.4. The molecule has 5 heteroatoms. The van der Waals surface area contributed by atoms with Crippen molar-refractivity contribution in [2.24, 2.45) is 0 Å². The Morgan fingerprint density at radius 2 is 1.47 bits per heavy atom. The van der Waals surface area contributed by atoms with Gasteiger partial charge in [0.25, 0.3) is 0 Å². The van der Waals surface area contributed by atoms with E-state index in [1.165, 1.54) is 0 Å². The van der Waals surface area contributed by atoms with Crippen molar-refractivity contribution in [3.8, 4) is 0 Å². The standard InChI is InChI=1S/C14H29N3O2/c1-6-10(3)16-13(18)8-9-15-12(5)14(19)17-11(4)7-2/h10-12,15H,6-9H2,1-5H3,(H,16,18)(H,17,19). The van der Waals surface area contributed by atoms with Crippen LogP contribution in [-0.2, 0) is 9.59 Å². The molecule has 112 valence electrons. The van der Waals surface area contributed by atoms with Crippen molar-refractivity contribution in [2.75, 3.05) is 6.54 Å². The third-order valence-electron chi connectivity index (χ3n) is 3.22. The molecule has 0 aliphatic heterocycles. The summed E-state index contributed by atoms with van der Waals surface area (Å²) in [7, 11) is 0. The Hall–Kier alpha value is -1.10. The minimum absolute atomic E-state index is 0.0170. The monoisotopic (exact) mass is 271 g/mol. The lowest BCUT2D eigenvalue weighted by Gasteiger charge is -2.17. The van der Waals surface area contributed by atoms with Crippen LogP contribution in [0, 0.1) is 0 Å². The van der Waals surface area contributed by atoms with Gasteiger partial charge in [-0.15, -0.1) is 0 Å². The van der Waals surface area contributed by atoms with Gasteiger partial charge in [-0.1, -0.05) is 13.8 Å². The molecule has 0 fully saturated rings. The maximum Gasteiger partial charge on any atom is 0.237 e. The summed E-state index contributed by atoms with van der Waals surface area (Å²) in [6.45, 7) is 10.3. The number of carbonyl (C=O) groups is 2. The van der Waals surface area contributed by atoms with E-state index in [4.69, 9.17) is 0 Å². The summed E-state index contributed by atoms with van der Waals surface area (Å²) in [6, 6.07) is 0.120. The molecule has 0 aliphatic rings. The lowest BCUT2D eigenvalue weighted by molar-refractivity contribution is -0.124. The van der Waals surface area contributed by atoms with E-state index in [0.717, 1.165) is 12.8 Å². The summed E-state index contributed by atoms with van der Waals surface area (Å²) >= 11 is 0. The second-order valence-corrected chi connectivity index (χ2v) is 5.12. The second-order valence-electron chi connectivity index (χ2n) is 5.12. The van der Waals surface area contributed by atoms with E-state index in [9.17, 15) is 9.59 Å². The number of carbonyl (C=O) groups excluding carboxylic acids is 2. The molecular formula is C14H29N3O2. The molecule has 0 heterocycles. The highest BCUT2D eigenvalue weighted by Crippen LogP contribution is 1.92. The average Bonchev–Trinajstić information content (AvgIpc) is 2.37. The Morgan fingerprint density at radius 1 is 0.947 bits per heavy atom. The van der Waals surface area contributed by atoms with Gasteiger partial charge in [0.1, 0.15) is 0 Å². The summed E-state index contributed by atoms with van der Waals surface area (Å²) < 4.78 is 0. The number of nitrogens with one attached hydrogen (secondary N) is 3. The van der Waals surface area contributed by atoms with Gasteiger partial charge in [-0.25, -0.2) is 0 Å². The molecule has 0 bridgehead atoms. The molecule has 0 aromatic heterocycles. The fourth-order valence-corrected chi connectivity index (χ4v) is 1.41. The van der Waals surface area contributed by atoms with Crippen LogP contribution in [0.3, 0.4) is 0 Å². The molecule has 0 spiro atoms. The highest BCUT2D eigenvalue weighted by molar-refractivity contribution is 5.81. The van der Waals surface area contributed by atoms with E-state index >= 15 is 0 Å². The van der Waals surface area contributed by atoms with Crippen LogP contribution in [0.4, 0.5) is 0 Å². The predicted octanol–water partition coefficient (Wildman–Crippen LogP) is 1.18. The van der Waals surface area contributed by atoms with Crippen LogP contribution in [0.15, 0.2) is 0 Å². The Bertz CT molecular complexity index is 282. The lowest BCUT2D eigenvalue weighted by Crippen LogP contribution is -2.46. The highest BCUT2D eigenvalue weighted by atomic mass is 16.2. The van der Waals surface area contributed by atoms with E-state index in [1.54, 1.807) is 0 Å². The van der Waals surface area contributed by atoms with Crippen molar-refractivity contribution >= 4 is 11.8 Å². The van der Waals surface area contributed by atoms with E-state index in [2.05, 4.69) is 16.0 Å². The van der Waals surface area contributed by atoms with Gasteiger partial charge in [-0.2, -0.15) is 0 Å². The molecule has 0 aliphatic carbocycles. The van der Waals surface area contributed by atoms with E-state index < -0.39 is 0 Å². The van der Waals surface area contributed by atoms with Crippen LogP contribution in [-0.4, -0.2) is 36.5 Å². The van der Waals surface area contributed by atoms with Crippen molar-refractivity contribution in [3.63, 3.8) is 0 Å². The first kappa shape index (κ1) is 17.9. The smallest absolute Gasteiger partial charge is 0.237 e. The number of amides is 2. The van der Waals surface area contributed by atoms with Gasteiger partial charge in [0.2, 0.25) is 11.8 Å². The molecule has 0 radical (unpaired) electrons. The SMILES string of the molecule is CCC(C)NC(=O)CCNC(C)C(=O)NC(C)CC. The lowest BCUT2D eigenvalue weighted by atomic mass is 10.2. The maximum atomic E-state index is 11.7. The van der Waals surface area contributed by atoms with E-state index in [0.29, 0.717) is 13.0 Å². The van der Waals surface area contributed by atoms with Gasteiger partial charge in [0, 0.05) is 25.0 Å². The van der Waals surface area contributed by atoms with Crippen LogP contribution < -0.4 is 16.0 Å². The largest absolute Gasteiger partial charge is 0.354 e. The van der Waals surface area contributed by atoms with Crippen molar-refractivity contribution in [3.05, 3.63) is 0 Å².